The first kappa shape index (κ1) is 22.1. The van der Waals surface area contributed by atoms with Crippen molar-refractivity contribution in [3.8, 4) is 16.9 Å². The summed E-state index contributed by atoms with van der Waals surface area (Å²) in [6, 6.07) is 11.8. The molecule has 0 aliphatic carbocycles. The van der Waals surface area contributed by atoms with Gasteiger partial charge in [-0.1, -0.05) is 30.3 Å². The zero-order valence-electron chi connectivity index (χ0n) is 19.2. The highest BCUT2D eigenvalue weighted by molar-refractivity contribution is 6.08. The van der Waals surface area contributed by atoms with Crippen LogP contribution in [0.3, 0.4) is 0 Å². The molecular weight excluding hydrogens is 473 g/mol. The number of nitrogens with zero attached hydrogens (tertiary/aromatic N) is 5. The first-order valence-electron chi connectivity index (χ1n) is 11.2. The van der Waals surface area contributed by atoms with Gasteiger partial charge in [0, 0.05) is 33.8 Å². The average Bonchev–Trinajstić information content (AvgIpc) is 3.56. The number of nitrogens with one attached hydrogen (secondary N) is 1. The second-order valence-corrected chi connectivity index (χ2v) is 8.64. The summed E-state index contributed by atoms with van der Waals surface area (Å²) >= 11 is 0. The zero-order valence-corrected chi connectivity index (χ0v) is 19.2. The molecule has 182 valence electrons. The molecule has 0 radical (unpaired) electrons. The van der Waals surface area contributed by atoms with E-state index in [-0.39, 0.29) is 11.3 Å². The monoisotopic (exact) mass is 492 g/mol. The van der Waals surface area contributed by atoms with Crippen LogP contribution >= 0.6 is 0 Å². The van der Waals surface area contributed by atoms with E-state index in [4.69, 9.17) is 4.74 Å². The number of carbonyl (C=O) groups excluding carboxylic acids is 1. The van der Waals surface area contributed by atoms with Crippen molar-refractivity contribution >= 4 is 27.8 Å². The lowest BCUT2D eigenvalue weighted by Gasteiger charge is -2.13. The van der Waals surface area contributed by atoms with Gasteiger partial charge in [-0.2, -0.15) is 19.6 Å². The second kappa shape index (κ2) is 7.80. The average molecular weight is 492 g/mol. The number of aryl methyl sites for hydroxylation is 2. The molecule has 11 heteroatoms. The van der Waals surface area contributed by atoms with Crippen molar-refractivity contribution in [1.82, 2.24) is 29.9 Å². The van der Waals surface area contributed by atoms with Gasteiger partial charge in [0.2, 0.25) is 0 Å². The minimum atomic E-state index is -4.59. The summed E-state index contributed by atoms with van der Waals surface area (Å²) < 4.78 is 45.7. The predicted octanol–water partition coefficient (Wildman–Crippen LogP) is 5.23. The van der Waals surface area contributed by atoms with Gasteiger partial charge in [-0.25, -0.2) is 4.79 Å². The van der Waals surface area contributed by atoms with Gasteiger partial charge in [-0.15, -0.1) is 13.2 Å². The number of fused-ring (bicyclic) bond motifs is 4. The van der Waals surface area contributed by atoms with Crippen LogP contribution in [0.5, 0.6) is 5.75 Å². The van der Waals surface area contributed by atoms with Gasteiger partial charge in [0.25, 0.3) is 0 Å². The molecule has 3 aromatic heterocycles. The standard InChI is InChI=1S/C25H19F3N6O2/c1-13-22-14(2)32-34(23(22)18-5-3-4-6-19(18)30-13)24(35)31-20-12-36-21-9-15(7-8-17(20)21)16-10-29-33(11-16)25(26,27)28/h3-11,20H,12H2,1-2H3,(H,31,35)/t20-/m1/s1. The van der Waals surface area contributed by atoms with Gasteiger partial charge < -0.3 is 10.1 Å². The topological polar surface area (TPSA) is 86.9 Å². The maximum Gasteiger partial charge on any atom is 0.504 e. The molecular formula is C25H19F3N6O2. The van der Waals surface area contributed by atoms with Crippen LogP contribution in [0.15, 0.2) is 54.9 Å². The highest BCUT2D eigenvalue weighted by atomic mass is 19.4. The lowest BCUT2D eigenvalue weighted by Crippen LogP contribution is -2.33. The number of hydrogen-bond acceptors (Lipinski definition) is 5. The molecule has 36 heavy (non-hydrogen) atoms. The van der Waals surface area contributed by atoms with Crippen LogP contribution in [-0.2, 0) is 6.30 Å². The zero-order chi connectivity index (χ0) is 25.2. The van der Waals surface area contributed by atoms with E-state index in [1.807, 2.05) is 38.1 Å². The summed E-state index contributed by atoms with van der Waals surface area (Å²) in [5.41, 5.74) is 4.50. The van der Waals surface area contributed by atoms with E-state index in [2.05, 4.69) is 20.5 Å². The van der Waals surface area contributed by atoms with E-state index >= 15 is 0 Å². The normalized spacial score (nSPS) is 15.3. The molecule has 0 fully saturated rings. The smallest absolute Gasteiger partial charge is 0.491 e. The fourth-order valence-electron chi connectivity index (χ4n) is 4.69. The van der Waals surface area contributed by atoms with Crippen LogP contribution in [0.1, 0.15) is 23.0 Å². The molecule has 1 atom stereocenters. The number of amides is 1. The third-order valence-corrected chi connectivity index (χ3v) is 6.33. The summed E-state index contributed by atoms with van der Waals surface area (Å²) in [4.78, 5) is 18.0. The molecule has 0 saturated carbocycles. The van der Waals surface area contributed by atoms with Crippen molar-refractivity contribution in [3.63, 3.8) is 0 Å². The number of halogens is 3. The molecule has 6 rings (SSSR count). The van der Waals surface area contributed by atoms with Gasteiger partial charge in [-0.3, -0.25) is 4.98 Å². The Kier molecular flexibility index (Phi) is 4.79. The quantitative estimate of drug-likeness (QED) is 0.365. The van der Waals surface area contributed by atoms with Crippen LogP contribution in [-0.4, -0.2) is 37.2 Å². The summed E-state index contributed by atoms with van der Waals surface area (Å²) in [6.07, 6.45) is -2.52. The molecule has 0 spiro atoms. The molecule has 2 aromatic carbocycles. The van der Waals surface area contributed by atoms with Crippen LogP contribution in [0.4, 0.5) is 18.0 Å². The van der Waals surface area contributed by atoms with E-state index in [1.165, 1.54) is 4.68 Å². The Hall–Kier alpha value is -4.41. The van der Waals surface area contributed by atoms with Gasteiger partial charge in [-0.05, 0) is 31.5 Å². The number of carbonyl (C=O) groups is 1. The van der Waals surface area contributed by atoms with Crippen molar-refractivity contribution in [2.75, 3.05) is 6.61 Å². The molecule has 1 aliphatic heterocycles. The fourth-order valence-corrected chi connectivity index (χ4v) is 4.69. The van der Waals surface area contributed by atoms with Crippen LogP contribution in [0.25, 0.3) is 32.9 Å². The van der Waals surface area contributed by atoms with Gasteiger partial charge in [0.05, 0.1) is 29.0 Å². The van der Waals surface area contributed by atoms with E-state index in [9.17, 15) is 18.0 Å². The number of pyridine rings is 1. The lowest BCUT2D eigenvalue weighted by atomic mass is 10.0. The molecule has 1 amide bonds. The Balaban J connectivity index is 1.31. The summed E-state index contributed by atoms with van der Waals surface area (Å²) in [7, 11) is 0. The Morgan fingerprint density at radius 1 is 1.11 bits per heavy atom. The largest absolute Gasteiger partial charge is 0.504 e. The van der Waals surface area contributed by atoms with Gasteiger partial charge in [0.1, 0.15) is 12.4 Å². The fraction of sp³-hybridized carbons (Fsp3) is 0.200. The minimum absolute atomic E-state index is 0.0449. The minimum Gasteiger partial charge on any atom is -0.491 e. The van der Waals surface area contributed by atoms with E-state index < -0.39 is 18.4 Å². The molecule has 0 bridgehead atoms. The Morgan fingerprint density at radius 2 is 1.92 bits per heavy atom. The van der Waals surface area contributed by atoms with E-state index in [0.29, 0.717) is 28.1 Å². The van der Waals surface area contributed by atoms with Gasteiger partial charge >= 0.3 is 12.3 Å². The Morgan fingerprint density at radius 3 is 2.69 bits per heavy atom. The van der Waals surface area contributed by atoms with E-state index in [0.717, 1.165) is 39.9 Å². The molecule has 8 nitrogen and oxygen atoms in total. The number of para-hydroxylation sites is 1. The van der Waals surface area contributed by atoms with Crippen molar-refractivity contribution in [2.24, 2.45) is 0 Å². The van der Waals surface area contributed by atoms with Crippen molar-refractivity contribution in [1.29, 1.82) is 0 Å². The highest BCUT2D eigenvalue weighted by Crippen LogP contribution is 2.37. The molecule has 4 heterocycles. The summed E-state index contributed by atoms with van der Waals surface area (Å²) in [6.45, 7) is 3.92. The third kappa shape index (κ3) is 3.46. The van der Waals surface area contributed by atoms with Crippen molar-refractivity contribution in [3.05, 3.63) is 71.8 Å². The predicted molar refractivity (Wildman–Crippen MR) is 126 cm³/mol. The number of ether oxygens (including phenoxy) is 1. The lowest BCUT2D eigenvalue weighted by molar-refractivity contribution is -0.212. The highest BCUT2D eigenvalue weighted by Gasteiger charge is 2.32. The van der Waals surface area contributed by atoms with Crippen molar-refractivity contribution < 1.29 is 22.7 Å². The second-order valence-electron chi connectivity index (χ2n) is 8.64. The summed E-state index contributed by atoms with van der Waals surface area (Å²) in [5.74, 6) is 0.490. The molecule has 5 aromatic rings. The van der Waals surface area contributed by atoms with Crippen LogP contribution < -0.4 is 10.1 Å². The molecule has 0 saturated heterocycles. The third-order valence-electron chi connectivity index (χ3n) is 6.33. The Bertz CT molecular complexity index is 1670. The number of hydrogen-bond donors (Lipinski definition) is 1. The maximum absolute atomic E-state index is 13.4. The number of benzene rings is 2. The molecule has 0 unspecified atom stereocenters. The first-order valence-corrected chi connectivity index (χ1v) is 11.2. The molecule has 1 aliphatic rings. The number of alkyl halides is 3. The van der Waals surface area contributed by atoms with Gasteiger partial charge in [0.15, 0.2) is 0 Å². The maximum atomic E-state index is 13.4. The Labute approximate surface area is 202 Å². The van der Waals surface area contributed by atoms with Crippen LogP contribution in [0.2, 0.25) is 0 Å². The van der Waals surface area contributed by atoms with E-state index in [1.54, 1.807) is 18.2 Å². The number of rotatable bonds is 2. The van der Waals surface area contributed by atoms with Crippen molar-refractivity contribution in [2.45, 2.75) is 26.2 Å². The first-order chi connectivity index (χ1) is 17.2. The number of aromatic nitrogens is 5. The SMILES string of the molecule is Cc1nc2ccccc2c2c1c(C)nn2C(=O)N[C@@H]1COc2cc(-c3cnn(C(F)(F)F)c3)ccc21. The summed E-state index contributed by atoms with van der Waals surface area (Å²) in [5, 5.41) is 12.5. The van der Waals surface area contributed by atoms with Crippen LogP contribution in [0, 0.1) is 13.8 Å². The molecule has 1 N–H and O–H groups in total.